The molecule has 0 amide bonds. The predicted molar refractivity (Wildman–Crippen MR) is 76.2 cm³/mol. The van der Waals surface area contributed by atoms with Crippen molar-refractivity contribution in [2.45, 2.75) is 46.7 Å². The number of nitrogen functional groups attached to an aromatic ring is 1. The molecule has 7 heteroatoms. The maximum Gasteiger partial charge on any atom is 0.305 e. The van der Waals surface area contributed by atoms with Crippen molar-refractivity contribution in [2.75, 3.05) is 12.3 Å². The molecule has 0 radical (unpaired) electrons. The van der Waals surface area contributed by atoms with E-state index in [2.05, 4.69) is 10.1 Å². The number of aryl methyl sites for hydroxylation is 3. The van der Waals surface area contributed by atoms with Gasteiger partial charge in [-0.1, -0.05) is 0 Å². The molecule has 2 rings (SSSR count). The number of fused-ring (bicyclic) bond motifs is 1. The van der Waals surface area contributed by atoms with Crippen molar-refractivity contribution in [3.05, 3.63) is 5.69 Å². The van der Waals surface area contributed by atoms with Crippen molar-refractivity contribution in [2.24, 2.45) is 0 Å². The molecule has 110 valence electrons. The maximum absolute atomic E-state index is 11.4. The molecule has 0 aliphatic carbocycles. The standard InChI is InChI=1S/C13H21N5O2/c1-4-18-12-11(9(3)16-18)15-13(14)17(12)8-6-7-10(19)20-5-2/h4-8H2,1-3H3,(H2,14,15). The monoisotopic (exact) mass is 279 g/mol. The van der Waals surface area contributed by atoms with E-state index in [-0.39, 0.29) is 5.97 Å². The van der Waals surface area contributed by atoms with Gasteiger partial charge in [0.15, 0.2) is 5.65 Å². The SMILES string of the molecule is CCOC(=O)CCCn1c(N)nc2c(C)nn(CC)c21. The molecule has 2 N–H and O–H groups in total. The Morgan fingerprint density at radius 2 is 2.15 bits per heavy atom. The van der Waals surface area contributed by atoms with Gasteiger partial charge in [-0.15, -0.1) is 0 Å². The zero-order valence-corrected chi connectivity index (χ0v) is 12.2. The summed E-state index contributed by atoms with van der Waals surface area (Å²) in [6.45, 7) is 7.55. The number of hydrogen-bond acceptors (Lipinski definition) is 5. The molecule has 2 aromatic rings. The summed E-state index contributed by atoms with van der Waals surface area (Å²) in [6.07, 6.45) is 1.05. The van der Waals surface area contributed by atoms with E-state index in [1.165, 1.54) is 0 Å². The summed E-state index contributed by atoms with van der Waals surface area (Å²) in [5.74, 6) is 0.286. The summed E-state index contributed by atoms with van der Waals surface area (Å²) >= 11 is 0. The molecule has 0 fully saturated rings. The summed E-state index contributed by atoms with van der Waals surface area (Å²) in [6, 6.07) is 0. The first-order valence-corrected chi connectivity index (χ1v) is 6.93. The van der Waals surface area contributed by atoms with Crippen LogP contribution in [0.1, 0.15) is 32.4 Å². The quantitative estimate of drug-likeness (QED) is 0.809. The molecular weight excluding hydrogens is 258 g/mol. The molecule has 20 heavy (non-hydrogen) atoms. The van der Waals surface area contributed by atoms with Crippen molar-refractivity contribution in [3.63, 3.8) is 0 Å². The Bertz CT molecular complexity index is 614. The van der Waals surface area contributed by atoms with E-state index in [0.717, 1.165) is 23.4 Å². The van der Waals surface area contributed by atoms with Gasteiger partial charge in [0, 0.05) is 19.5 Å². The molecule has 0 aliphatic rings. The fourth-order valence-corrected chi connectivity index (χ4v) is 2.30. The predicted octanol–water partition coefficient (Wildman–Crippen LogP) is 1.49. The number of nitrogens with two attached hydrogens (primary N) is 1. The largest absolute Gasteiger partial charge is 0.466 e. The van der Waals surface area contributed by atoms with Gasteiger partial charge in [-0.2, -0.15) is 5.10 Å². The number of aromatic nitrogens is 4. The fourth-order valence-electron chi connectivity index (χ4n) is 2.30. The number of ether oxygens (including phenoxy) is 1. The molecule has 0 spiro atoms. The number of rotatable bonds is 6. The van der Waals surface area contributed by atoms with Crippen molar-refractivity contribution in [1.82, 2.24) is 19.3 Å². The van der Waals surface area contributed by atoms with E-state index >= 15 is 0 Å². The first-order chi connectivity index (χ1) is 9.58. The van der Waals surface area contributed by atoms with Gasteiger partial charge in [-0.25, -0.2) is 9.67 Å². The Balaban J connectivity index is 2.17. The van der Waals surface area contributed by atoms with Gasteiger partial charge >= 0.3 is 5.97 Å². The normalized spacial score (nSPS) is 11.2. The van der Waals surface area contributed by atoms with Crippen molar-refractivity contribution in [3.8, 4) is 0 Å². The van der Waals surface area contributed by atoms with Gasteiger partial charge in [-0.3, -0.25) is 9.36 Å². The number of nitrogens with zero attached hydrogens (tertiary/aromatic N) is 4. The molecule has 0 aromatic carbocycles. The third kappa shape index (κ3) is 2.61. The highest BCUT2D eigenvalue weighted by Gasteiger charge is 2.16. The van der Waals surface area contributed by atoms with Crippen LogP contribution >= 0.6 is 0 Å². The second-order valence-electron chi connectivity index (χ2n) is 4.60. The van der Waals surface area contributed by atoms with E-state index in [1.54, 1.807) is 6.92 Å². The van der Waals surface area contributed by atoms with E-state index < -0.39 is 0 Å². The van der Waals surface area contributed by atoms with Gasteiger partial charge in [0.25, 0.3) is 0 Å². The van der Waals surface area contributed by atoms with Crippen LogP contribution in [-0.2, 0) is 22.6 Å². The first-order valence-electron chi connectivity index (χ1n) is 6.93. The van der Waals surface area contributed by atoms with E-state index in [9.17, 15) is 4.79 Å². The van der Waals surface area contributed by atoms with Crippen LogP contribution in [0.25, 0.3) is 11.2 Å². The van der Waals surface area contributed by atoms with Crippen molar-refractivity contribution < 1.29 is 9.53 Å². The Hall–Kier alpha value is -2.05. The summed E-state index contributed by atoms with van der Waals surface area (Å²) in [4.78, 5) is 15.7. The second-order valence-corrected chi connectivity index (χ2v) is 4.60. The van der Waals surface area contributed by atoms with Crippen LogP contribution in [0.3, 0.4) is 0 Å². The second kappa shape index (κ2) is 5.94. The van der Waals surface area contributed by atoms with Crippen LogP contribution < -0.4 is 5.73 Å². The lowest BCUT2D eigenvalue weighted by molar-refractivity contribution is -0.143. The Morgan fingerprint density at radius 1 is 1.40 bits per heavy atom. The van der Waals surface area contributed by atoms with Gasteiger partial charge in [0.2, 0.25) is 5.95 Å². The number of imidazole rings is 1. The highest BCUT2D eigenvalue weighted by atomic mass is 16.5. The van der Waals surface area contributed by atoms with Crippen LogP contribution in [0.2, 0.25) is 0 Å². The highest BCUT2D eigenvalue weighted by Crippen LogP contribution is 2.21. The zero-order valence-electron chi connectivity index (χ0n) is 12.2. The molecule has 0 aliphatic heterocycles. The average Bonchev–Trinajstić information content (AvgIpc) is 2.89. The van der Waals surface area contributed by atoms with Crippen LogP contribution in [-0.4, -0.2) is 31.9 Å². The van der Waals surface area contributed by atoms with Crippen LogP contribution in [0, 0.1) is 6.92 Å². The summed E-state index contributed by atoms with van der Waals surface area (Å²) in [7, 11) is 0. The molecule has 0 atom stereocenters. The number of carbonyl (C=O) groups excluding carboxylic acids is 1. The van der Waals surface area contributed by atoms with Crippen LogP contribution in [0.4, 0.5) is 5.95 Å². The average molecular weight is 279 g/mol. The minimum absolute atomic E-state index is 0.178. The van der Waals surface area contributed by atoms with E-state index in [0.29, 0.717) is 31.9 Å². The Labute approximate surface area is 117 Å². The number of esters is 1. The van der Waals surface area contributed by atoms with Crippen molar-refractivity contribution >= 4 is 23.1 Å². The number of anilines is 1. The van der Waals surface area contributed by atoms with Crippen LogP contribution in [0.15, 0.2) is 0 Å². The molecular formula is C13H21N5O2. The smallest absolute Gasteiger partial charge is 0.305 e. The topological polar surface area (TPSA) is 88.0 Å². The van der Waals surface area contributed by atoms with Gasteiger partial charge < -0.3 is 10.5 Å². The molecule has 2 heterocycles. The Kier molecular flexibility index (Phi) is 4.26. The molecule has 0 saturated heterocycles. The Morgan fingerprint density at radius 3 is 2.80 bits per heavy atom. The lowest BCUT2D eigenvalue weighted by Crippen LogP contribution is -2.10. The third-order valence-corrected chi connectivity index (χ3v) is 3.20. The number of hydrogen-bond donors (Lipinski definition) is 1. The van der Waals surface area contributed by atoms with Gasteiger partial charge in [0.1, 0.15) is 5.52 Å². The minimum Gasteiger partial charge on any atom is -0.466 e. The lowest BCUT2D eigenvalue weighted by atomic mass is 10.3. The maximum atomic E-state index is 11.4. The van der Waals surface area contributed by atoms with Crippen molar-refractivity contribution in [1.29, 1.82) is 0 Å². The molecule has 7 nitrogen and oxygen atoms in total. The zero-order chi connectivity index (χ0) is 14.7. The summed E-state index contributed by atoms with van der Waals surface area (Å²) in [5, 5.41) is 4.43. The molecule has 2 aromatic heterocycles. The summed E-state index contributed by atoms with van der Waals surface area (Å²) in [5.41, 5.74) is 8.59. The molecule has 0 unspecified atom stereocenters. The molecule has 0 bridgehead atoms. The van der Waals surface area contributed by atoms with Crippen LogP contribution in [0.5, 0.6) is 0 Å². The van der Waals surface area contributed by atoms with E-state index in [1.807, 2.05) is 23.1 Å². The minimum atomic E-state index is -0.178. The fraction of sp³-hybridized carbons (Fsp3) is 0.615. The third-order valence-electron chi connectivity index (χ3n) is 3.20. The van der Waals surface area contributed by atoms with Gasteiger partial charge in [-0.05, 0) is 27.2 Å². The summed E-state index contributed by atoms with van der Waals surface area (Å²) < 4.78 is 8.72. The molecule has 0 saturated carbocycles. The number of carbonyl (C=O) groups is 1. The first kappa shape index (κ1) is 14.4. The lowest BCUT2D eigenvalue weighted by Gasteiger charge is -2.07. The van der Waals surface area contributed by atoms with Gasteiger partial charge in [0.05, 0.1) is 12.3 Å². The van der Waals surface area contributed by atoms with E-state index in [4.69, 9.17) is 10.5 Å². The highest BCUT2D eigenvalue weighted by molar-refractivity contribution is 5.77.